The molecular weight excluding hydrogens is 326 g/mol. The van der Waals surface area contributed by atoms with Gasteiger partial charge in [0.2, 0.25) is 11.9 Å². The van der Waals surface area contributed by atoms with Crippen molar-refractivity contribution in [3.05, 3.63) is 18.5 Å². The van der Waals surface area contributed by atoms with E-state index in [9.17, 15) is 4.79 Å². The summed E-state index contributed by atoms with van der Waals surface area (Å²) < 4.78 is 0. The summed E-state index contributed by atoms with van der Waals surface area (Å²) in [6.45, 7) is 3.66. The Morgan fingerprint density at radius 3 is 2.15 bits per heavy atom. The van der Waals surface area contributed by atoms with Crippen molar-refractivity contribution in [2.45, 2.75) is 44.1 Å². The van der Waals surface area contributed by atoms with Crippen LogP contribution in [-0.4, -0.2) is 59.0 Å². The second-order valence-corrected chi connectivity index (χ2v) is 8.97. The van der Waals surface area contributed by atoms with Crippen LogP contribution < -0.4 is 10.2 Å². The van der Waals surface area contributed by atoms with Crippen LogP contribution in [0.15, 0.2) is 18.5 Å². The quantitative estimate of drug-likeness (QED) is 0.890. The third-order valence-corrected chi connectivity index (χ3v) is 7.12. The minimum Gasteiger partial charge on any atom is -0.338 e. The minimum atomic E-state index is 0.259. The first kappa shape index (κ1) is 16.5. The highest BCUT2D eigenvalue weighted by molar-refractivity contribution is 5.78. The topological polar surface area (TPSA) is 61.4 Å². The van der Waals surface area contributed by atoms with Crippen molar-refractivity contribution in [3.8, 4) is 0 Å². The molecule has 0 aromatic carbocycles. The van der Waals surface area contributed by atoms with Gasteiger partial charge >= 0.3 is 0 Å². The summed E-state index contributed by atoms with van der Waals surface area (Å²) in [6.07, 6.45) is 11.8. The molecule has 1 N–H and O–H groups in total. The highest BCUT2D eigenvalue weighted by Gasteiger charge is 2.50. The van der Waals surface area contributed by atoms with Gasteiger partial charge in [-0.15, -0.1) is 0 Å². The van der Waals surface area contributed by atoms with Gasteiger partial charge in [0.05, 0.1) is 6.54 Å². The predicted octanol–water partition coefficient (Wildman–Crippen LogP) is 1.68. The standard InChI is InChI=1S/C20H29N5O/c26-18(24-4-6-25(7-5-24)19-21-2-1-3-22-19)14-23-20-11-15-8-16(12-20)10-17(9-15)13-20/h1-3,15-17,23H,4-14H2. The number of carbonyl (C=O) groups excluding carboxylic acids is 1. The molecule has 140 valence electrons. The average Bonchev–Trinajstić information content (AvgIpc) is 2.66. The second kappa shape index (κ2) is 6.48. The molecule has 4 bridgehead atoms. The normalized spacial score (nSPS) is 35.8. The fourth-order valence-electron chi connectivity index (χ4n) is 6.31. The molecule has 5 aliphatic rings. The fourth-order valence-corrected chi connectivity index (χ4v) is 6.31. The van der Waals surface area contributed by atoms with Gasteiger partial charge in [-0.2, -0.15) is 0 Å². The summed E-state index contributed by atoms with van der Waals surface area (Å²) in [5.41, 5.74) is 0.268. The van der Waals surface area contributed by atoms with E-state index < -0.39 is 0 Å². The first-order chi connectivity index (χ1) is 12.7. The maximum Gasteiger partial charge on any atom is 0.236 e. The summed E-state index contributed by atoms with van der Waals surface area (Å²) >= 11 is 0. The van der Waals surface area contributed by atoms with E-state index in [1.165, 1.54) is 38.5 Å². The SMILES string of the molecule is O=C(CNC12CC3CC(CC(C3)C1)C2)N1CCN(c2ncccn2)CC1. The van der Waals surface area contributed by atoms with Crippen LogP contribution in [0, 0.1) is 17.8 Å². The molecular formula is C20H29N5O. The summed E-state index contributed by atoms with van der Waals surface area (Å²) in [5.74, 6) is 3.77. The Morgan fingerprint density at radius 1 is 1.00 bits per heavy atom. The number of nitrogens with one attached hydrogen (secondary N) is 1. The molecule has 6 nitrogen and oxygen atoms in total. The number of piperazine rings is 1. The van der Waals surface area contributed by atoms with Gasteiger partial charge in [0.15, 0.2) is 0 Å². The molecule has 0 unspecified atom stereocenters. The Hall–Kier alpha value is -1.69. The number of hydrogen-bond donors (Lipinski definition) is 1. The maximum atomic E-state index is 12.7. The van der Waals surface area contributed by atoms with E-state index in [-0.39, 0.29) is 11.4 Å². The van der Waals surface area contributed by atoms with Gasteiger partial charge in [-0.1, -0.05) is 0 Å². The molecule has 6 rings (SSSR count). The van der Waals surface area contributed by atoms with Crippen molar-refractivity contribution in [2.75, 3.05) is 37.6 Å². The third-order valence-electron chi connectivity index (χ3n) is 7.12. The molecule has 1 aliphatic heterocycles. The number of carbonyl (C=O) groups is 1. The highest BCUT2D eigenvalue weighted by atomic mass is 16.2. The van der Waals surface area contributed by atoms with E-state index in [4.69, 9.17) is 0 Å². The van der Waals surface area contributed by atoms with Gasteiger partial charge in [-0.25, -0.2) is 9.97 Å². The highest BCUT2D eigenvalue weighted by Crippen LogP contribution is 2.55. The number of amides is 1. The molecule has 1 aromatic rings. The zero-order valence-corrected chi connectivity index (χ0v) is 15.4. The molecule has 0 radical (unpaired) electrons. The van der Waals surface area contributed by atoms with Crippen molar-refractivity contribution in [2.24, 2.45) is 17.8 Å². The summed E-state index contributed by atoms with van der Waals surface area (Å²) in [4.78, 5) is 25.5. The van der Waals surface area contributed by atoms with Crippen molar-refractivity contribution >= 4 is 11.9 Å². The largest absolute Gasteiger partial charge is 0.338 e. The van der Waals surface area contributed by atoms with Crippen molar-refractivity contribution < 1.29 is 4.79 Å². The van der Waals surface area contributed by atoms with E-state index >= 15 is 0 Å². The van der Waals surface area contributed by atoms with E-state index in [0.717, 1.165) is 49.9 Å². The molecule has 5 fully saturated rings. The number of hydrogen-bond acceptors (Lipinski definition) is 5. The van der Waals surface area contributed by atoms with Gasteiger partial charge in [-0.05, 0) is 62.3 Å². The number of anilines is 1. The number of rotatable bonds is 4. The van der Waals surface area contributed by atoms with Crippen LogP contribution in [0.3, 0.4) is 0 Å². The molecule has 4 aliphatic carbocycles. The molecule has 1 saturated heterocycles. The average molecular weight is 355 g/mol. The van der Waals surface area contributed by atoms with Gasteiger partial charge in [-0.3, -0.25) is 4.79 Å². The Morgan fingerprint density at radius 2 is 1.58 bits per heavy atom. The first-order valence-corrected chi connectivity index (χ1v) is 10.2. The molecule has 4 saturated carbocycles. The van der Waals surface area contributed by atoms with Crippen LogP contribution in [0.4, 0.5) is 5.95 Å². The minimum absolute atomic E-state index is 0.259. The second-order valence-electron chi connectivity index (χ2n) is 8.97. The first-order valence-electron chi connectivity index (χ1n) is 10.2. The lowest BCUT2D eigenvalue weighted by Crippen LogP contribution is -2.60. The van der Waals surface area contributed by atoms with E-state index in [0.29, 0.717) is 6.54 Å². The lowest BCUT2D eigenvalue weighted by molar-refractivity contribution is -0.131. The molecule has 0 atom stereocenters. The van der Waals surface area contributed by atoms with Crippen LogP contribution in [0.25, 0.3) is 0 Å². The van der Waals surface area contributed by atoms with Crippen LogP contribution >= 0.6 is 0 Å². The Balaban J connectivity index is 1.14. The van der Waals surface area contributed by atoms with Crippen molar-refractivity contribution in [1.29, 1.82) is 0 Å². The van der Waals surface area contributed by atoms with Crippen LogP contribution in [-0.2, 0) is 4.79 Å². The zero-order chi connectivity index (χ0) is 17.6. The van der Waals surface area contributed by atoms with Crippen molar-refractivity contribution in [1.82, 2.24) is 20.2 Å². The number of aromatic nitrogens is 2. The van der Waals surface area contributed by atoms with Gasteiger partial charge < -0.3 is 15.1 Å². The summed E-state index contributed by atoms with van der Waals surface area (Å²) in [7, 11) is 0. The summed E-state index contributed by atoms with van der Waals surface area (Å²) in [5, 5.41) is 3.74. The molecule has 0 spiro atoms. The Bertz CT molecular complexity index is 620. The summed E-state index contributed by atoms with van der Waals surface area (Å²) in [6, 6.07) is 1.83. The number of nitrogens with zero attached hydrogens (tertiary/aromatic N) is 4. The monoisotopic (exact) mass is 355 g/mol. The molecule has 2 heterocycles. The smallest absolute Gasteiger partial charge is 0.236 e. The van der Waals surface area contributed by atoms with Crippen LogP contribution in [0.1, 0.15) is 38.5 Å². The zero-order valence-electron chi connectivity index (χ0n) is 15.4. The van der Waals surface area contributed by atoms with Crippen LogP contribution in [0.5, 0.6) is 0 Å². The maximum absolute atomic E-state index is 12.7. The van der Waals surface area contributed by atoms with Crippen LogP contribution in [0.2, 0.25) is 0 Å². The van der Waals surface area contributed by atoms with Gasteiger partial charge in [0.1, 0.15) is 0 Å². The predicted molar refractivity (Wildman–Crippen MR) is 99.7 cm³/mol. The molecule has 1 amide bonds. The van der Waals surface area contributed by atoms with E-state index in [1.54, 1.807) is 12.4 Å². The molecule has 1 aromatic heterocycles. The fraction of sp³-hybridized carbons (Fsp3) is 0.750. The molecule has 6 heteroatoms. The van der Waals surface area contributed by atoms with Gasteiger partial charge in [0, 0.05) is 44.1 Å². The lowest BCUT2D eigenvalue weighted by atomic mass is 9.53. The molecule has 26 heavy (non-hydrogen) atoms. The van der Waals surface area contributed by atoms with Crippen molar-refractivity contribution in [3.63, 3.8) is 0 Å². The van der Waals surface area contributed by atoms with E-state index in [1.807, 2.05) is 11.0 Å². The van der Waals surface area contributed by atoms with E-state index in [2.05, 4.69) is 20.2 Å². The Labute approximate surface area is 155 Å². The Kier molecular flexibility index (Phi) is 4.11. The van der Waals surface area contributed by atoms with Gasteiger partial charge in [0.25, 0.3) is 0 Å². The third kappa shape index (κ3) is 3.08. The lowest BCUT2D eigenvalue weighted by Gasteiger charge is -2.57.